The first-order valence-corrected chi connectivity index (χ1v) is 7.37. The summed E-state index contributed by atoms with van der Waals surface area (Å²) in [7, 11) is 0. The second-order valence-corrected chi connectivity index (χ2v) is 5.71. The average molecular weight is 360 g/mol. The standard InChI is InChI=1S/C12H20N6O7/c13-6(10(14)18(23)24)7(16-4-1-2-4)11(22)17(15)12-9(21)8(20)5(3-19)25-12/h4-5,8-9,12,19-21H,1-3,13-15H2/b10-6-,16-7?. The number of hydrogen-bond donors (Lipinski definition) is 6. The largest absolute Gasteiger partial charge is 0.394 e. The normalized spacial score (nSPS) is 30.8. The molecule has 1 saturated heterocycles. The fourth-order valence-corrected chi connectivity index (χ4v) is 2.19. The van der Waals surface area contributed by atoms with E-state index >= 15 is 0 Å². The number of carbonyl (C=O) groups excluding carboxylic acids is 1. The fraction of sp³-hybridized carbons (Fsp3) is 0.667. The molecule has 25 heavy (non-hydrogen) atoms. The number of aliphatic imine (C=N–C) groups is 1. The van der Waals surface area contributed by atoms with Gasteiger partial charge in [0.2, 0.25) is 0 Å². The Labute approximate surface area is 141 Å². The molecule has 1 aliphatic heterocycles. The summed E-state index contributed by atoms with van der Waals surface area (Å²) in [5.74, 6) is 3.59. The second kappa shape index (κ2) is 7.28. The van der Waals surface area contributed by atoms with Crippen molar-refractivity contribution in [2.45, 2.75) is 43.4 Å². The maximum Gasteiger partial charge on any atom is 0.339 e. The van der Waals surface area contributed by atoms with Gasteiger partial charge in [0.05, 0.1) is 12.6 Å². The van der Waals surface area contributed by atoms with Crippen molar-refractivity contribution in [3.8, 4) is 0 Å². The molecule has 2 aliphatic rings. The summed E-state index contributed by atoms with van der Waals surface area (Å²) in [6.07, 6.45) is -4.41. The molecule has 1 amide bonds. The molecule has 0 spiro atoms. The summed E-state index contributed by atoms with van der Waals surface area (Å²) in [6.45, 7) is -0.615. The van der Waals surface area contributed by atoms with Gasteiger partial charge in [-0.2, -0.15) is 0 Å². The summed E-state index contributed by atoms with van der Waals surface area (Å²) in [6, 6.07) is -0.240. The number of rotatable bonds is 6. The molecular weight excluding hydrogens is 340 g/mol. The lowest BCUT2D eigenvalue weighted by molar-refractivity contribution is -0.427. The molecule has 0 aromatic heterocycles. The number of nitrogens with zero attached hydrogens (tertiary/aromatic N) is 3. The quantitative estimate of drug-likeness (QED) is 0.0887. The van der Waals surface area contributed by atoms with Crippen LogP contribution in [0.25, 0.3) is 0 Å². The van der Waals surface area contributed by atoms with Crippen LogP contribution in [0.2, 0.25) is 0 Å². The maximum atomic E-state index is 12.6. The number of ether oxygens (including phenoxy) is 1. The number of amides is 1. The summed E-state index contributed by atoms with van der Waals surface area (Å²) in [5.41, 5.74) is 9.64. The monoisotopic (exact) mass is 360 g/mol. The number of hydrazine groups is 1. The van der Waals surface area contributed by atoms with Gasteiger partial charge in [-0.1, -0.05) is 0 Å². The van der Waals surface area contributed by atoms with Gasteiger partial charge in [-0.3, -0.25) is 15.5 Å². The zero-order valence-electron chi connectivity index (χ0n) is 13.1. The van der Waals surface area contributed by atoms with E-state index in [1.165, 1.54) is 0 Å². The lowest BCUT2D eigenvalue weighted by Gasteiger charge is -2.26. The molecule has 4 unspecified atom stereocenters. The molecule has 140 valence electrons. The van der Waals surface area contributed by atoms with Crippen molar-refractivity contribution in [3.63, 3.8) is 0 Å². The van der Waals surface area contributed by atoms with Crippen molar-refractivity contribution < 1.29 is 29.8 Å². The Hall–Kier alpha value is -2.32. The Morgan fingerprint density at radius 3 is 2.36 bits per heavy atom. The minimum atomic E-state index is -1.61. The van der Waals surface area contributed by atoms with Crippen molar-refractivity contribution in [2.24, 2.45) is 22.3 Å². The number of aliphatic hydroxyl groups excluding tert-OH is 3. The van der Waals surface area contributed by atoms with Crippen LogP contribution in [0, 0.1) is 10.1 Å². The molecule has 0 aromatic carbocycles. The molecule has 13 nitrogen and oxygen atoms in total. The van der Waals surface area contributed by atoms with E-state index in [-0.39, 0.29) is 6.04 Å². The van der Waals surface area contributed by atoms with Gasteiger partial charge < -0.3 is 35.9 Å². The Morgan fingerprint density at radius 1 is 1.32 bits per heavy atom. The number of carbonyl (C=O) groups is 1. The highest BCUT2D eigenvalue weighted by molar-refractivity contribution is 6.45. The SMILES string of the molecule is N/C(C(=NC1CC1)C(=O)N(N)C1OC(CO)C(O)C1O)=C(/N)[N+](=O)[O-]. The van der Waals surface area contributed by atoms with Crippen LogP contribution >= 0.6 is 0 Å². The van der Waals surface area contributed by atoms with Crippen LogP contribution in [0.15, 0.2) is 16.5 Å². The van der Waals surface area contributed by atoms with Gasteiger partial charge in [0.1, 0.15) is 18.3 Å². The highest BCUT2D eigenvalue weighted by Gasteiger charge is 2.47. The predicted molar refractivity (Wildman–Crippen MR) is 81.6 cm³/mol. The molecule has 0 bridgehead atoms. The molecule has 0 aromatic rings. The van der Waals surface area contributed by atoms with Crippen LogP contribution in [0.3, 0.4) is 0 Å². The molecule has 1 aliphatic carbocycles. The Kier molecular flexibility index (Phi) is 5.54. The van der Waals surface area contributed by atoms with Crippen molar-refractivity contribution in [1.29, 1.82) is 0 Å². The van der Waals surface area contributed by atoms with Gasteiger partial charge >= 0.3 is 5.82 Å². The predicted octanol–water partition coefficient (Wildman–Crippen LogP) is -3.91. The van der Waals surface area contributed by atoms with E-state index in [4.69, 9.17) is 27.2 Å². The third kappa shape index (κ3) is 3.85. The van der Waals surface area contributed by atoms with Gasteiger partial charge in [-0.05, 0) is 17.8 Å². The van der Waals surface area contributed by atoms with E-state index in [1.807, 2.05) is 0 Å². The first-order valence-electron chi connectivity index (χ1n) is 7.37. The first-order chi connectivity index (χ1) is 11.7. The van der Waals surface area contributed by atoms with Gasteiger partial charge in [0, 0.05) is 0 Å². The van der Waals surface area contributed by atoms with E-state index in [2.05, 4.69) is 4.99 Å². The van der Waals surface area contributed by atoms with E-state index in [0.29, 0.717) is 17.9 Å². The summed E-state index contributed by atoms with van der Waals surface area (Å²) < 4.78 is 5.13. The molecule has 0 radical (unpaired) electrons. The van der Waals surface area contributed by atoms with Crippen molar-refractivity contribution >= 4 is 11.6 Å². The molecule has 1 heterocycles. The van der Waals surface area contributed by atoms with Crippen molar-refractivity contribution in [1.82, 2.24) is 5.01 Å². The topological polar surface area (TPSA) is 224 Å². The molecule has 1 saturated carbocycles. The highest BCUT2D eigenvalue weighted by Crippen LogP contribution is 2.26. The highest BCUT2D eigenvalue weighted by atomic mass is 16.6. The van der Waals surface area contributed by atoms with Gasteiger partial charge in [-0.25, -0.2) is 10.9 Å². The van der Waals surface area contributed by atoms with E-state index in [0.717, 1.165) is 0 Å². The second-order valence-electron chi connectivity index (χ2n) is 5.71. The lowest BCUT2D eigenvalue weighted by atomic mass is 10.1. The van der Waals surface area contributed by atoms with E-state index in [9.17, 15) is 25.1 Å². The third-order valence-corrected chi connectivity index (χ3v) is 3.81. The van der Waals surface area contributed by atoms with Crippen LogP contribution < -0.4 is 17.3 Å². The van der Waals surface area contributed by atoms with Crippen LogP contribution in [0.1, 0.15) is 12.8 Å². The minimum absolute atomic E-state index is 0.240. The third-order valence-electron chi connectivity index (χ3n) is 3.81. The van der Waals surface area contributed by atoms with Crippen LogP contribution in [-0.4, -0.2) is 74.1 Å². The summed E-state index contributed by atoms with van der Waals surface area (Å²) in [4.78, 5) is 26.4. The molecule has 9 N–H and O–H groups in total. The van der Waals surface area contributed by atoms with Gasteiger partial charge in [-0.15, -0.1) is 0 Å². The Bertz CT molecular complexity index is 619. The zero-order chi connectivity index (χ0) is 18.9. The molecule has 2 fully saturated rings. The smallest absolute Gasteiger partial charge is 0.339 e. The summed E-state index contributed by atoms with van der Waals surface area (Å²) >= 11 is 0. The van der Waals surface area contributed by atoms with Crippen LogP contribution in [-0.2, 0) is 9.53 Å². The number of aliphatic hydroxyl groups is 3. The average Bonchev–Trinajstić information content (AvgIpc) is 3.36. The van der Waals surface area contributed by atoms with E-state index in [1.54, 1.807) is 0 Å². The molecule has 13 heteroatoms. The molecule has 4 atom stereocenters. The molecular formula is C12H20N6O7. The van der Waals surface area contributed by atoms with Gasteiger partial charge in [0.15, 0.2) is 17.6 Å². The number of hydrogen-bond acceptors (Lipinski definition) is 11. The summed E-state index contributed by atoms with van der Waals surface area (Å²) in [5, 5.41) is 39.9. The lowest BCUT2D eigenvalue weighted by Crippen LogP contribution is -2.54. The Morgan fingerprint density at radius 2 is 1.92 bits per heavy atom. The zero-order valence-corrected chi connectivity index (χ0v) is 13.1. The molecule has 2 rings (SSSR count). The van der Waals surface area contributed by atoms with Crippen molar-refractivity contribution in [3.05, 3.63) is 21.6 Å². The van der Waals surface area contributed by atoms with Crippen LogP contribution in [0.4, 0.5) is 0 Å². The number of nitrogens with two attached hydrogens (primary N) is 3. The fourth-order valence-electron chi connectivity index (χ4n) is 2.19. The van der Waals surface area contributed by atoms with Crippen molar-refractivity contribution in [2.75, 3.05) is 6.61 Å². The van der Waals surface area contributed by atoms with E-state index < -0.39 is 59.2 Å². The van der Waals surface area contributed by atoms with Gasteiger partial charge in [0.25, 0.3) is 5.91 Å². The van der Waals surface area contributed by atoms with Crippen LogP contribution in [0.5, 0.6) is 0 Å². The Balaban J connectivity index is 2.28. The minimum Gasteiger partial charge on any atom is -0.394 e. The maximum absolute atomic E-state index is 12.6. The first kappa shape index (κ1) is 19.0. The number of nitro groups is 1.